The maximum Gasteiger partial charge on any atom is 0.219 e. The Bertz CT molecular complexity index is 179. The highest BCUT2D eigenvalue weighted by atomic mass is 16.1. The zero-order valence-corrected chi connectivity index (χ0v) is 9.51. The second-order valence-electron chi connectivity index (χ2n) is 4.40. The summed E-state index contributed by atoms with van der Waals surface area (Å²) in [6.45, 7) is 4.19. The molecule has 0 aliphatic heterocycles. The van der Waals surface area contributed by atoms with Gasteiger partial charge in [0.2, 0.25) is 5.91 Å². The lowest BCUT2D eigenvalue weighted by atomic mass is 9.98. The Labute approximate surface area is 87.5 Å². The van der Waals surface area contributed by atoms with Gasteiger partial charge in [0.1, 0.15) is 0 Å². The Morgan fingerprint density at radius 1 is 1.21 bits per heavy atom. The summed E-state index contributed by atoms with van der Waals surface area (Å²) < 4.78 is 0. The van der Waals surface area contributed by atoms with Crippen molar-refractivity contribution in [2.75, 3.05) is 0 Å². The zero-order valence-electron chi connectivity index (χ0n) is 9.51. The quantitative estimate of drug-likeness (QED) is 0.692. The van der Waals surface area contributed by atoms with Crippen molar-refractivity contribution < 1.29 is 4.79 Å². The molecular formula is C12H23NO. The fourth-order valence-electron chi connectivity index (χ4n) is 2.26. The summed E-state index contributed by atoms with van der Waals surface area (Å²) in [5, 5.41) is 3.11. The van der Waals surface area contributed by atoms with E-state index in [2.05, 4.69) is 12.2 Å². The van der Waals surface area contributed by atoms with Crippen molar-refractivity contribution in [2.24, 2.45) is 5.92 Å². The van der Waals surface area contributed by atoms with Crippen LogP contribution in [0.2, 0.25) is 0 Å². The summed E-state index contributed by atoms with van der Waals surface area (Å²) in [6, 6.07) is 0.457. The van der Waals surface area contributed by atoms with Gasteiger partial charge in [0, 0.05) is 12.5 Å². The fourth-order valence-corrected chi connectivity index (χ4v) is 2.26. The molecule has 0 aromatic rings. The van der Waals surface area contributed by atoms with Crippen LogP contribution in [-0.2, 0) is 4.79 Å². The second kappa shape index (κ2) is 6.05. The van der Waals surface area contributed by atoms with Gasteiger partial charge in [0.25, 0.3) is 0 Å². The van der Waals surface area contributed by atoms with Crippen LogP contribution in [0.3, 0.4) is 0 Å². The maximum absolute atomic E-state index is 11.2. The molecule has 0 aromatic carbocycles. The van der Waals surface area contributed by atoms with Crippen molar-refractivity contribution in [3.8, 4) is 0 Å². The van der Waals surface area contributed by atoms with E-state index in [1.54, 1.807) is 0 Å². The molecule has 0 aromatic heterocycles. The third-order valence-corrected chi connectivity index (χ3v) is 3.35. The minimum Gasteiger partial charge on any atom is -0.353 e. The van der Waals surface area contributed by atoms with Crippen LogP contribution in [-0.4, -0.2) is 11.9 Å². The predicted octanol–water partition coefficient (Wildman–Crippen LogP) is 2.87. The van der Waals surface area contributed by atoms with Crippen LogP contribution in [0.15, 0.2) is 0 Å². The SMILES string of the molecule is CCC(=O)NC1CCCC(CC)CC1. The van der Waals surface area contributed by atoms with E-state index >= 15 is 0 Å². The number of amides is 1. The maximum atomic E-state index is 11.2. The van der Waals surface area contributed by atoms with Gasteiger partial charge in [-0.1, -0.05) is 33.1 Å². The summed E-state index contributed by atoms with van der Waals surface area (Å²) in [7, 11) is 0. The summed E-state index contributed by atoms with van der Waals surface area (Å²) in [5.41, 5.74) is 0. The standard InChI is InChI=1S/C12H23NO/c1-3-10-6-5-7-11(9-8-10)13-12(14)4-2/h10-11H,3-9H2,1-2H3,(H,13,14). The average molecular weight is 197 g/mol. The summed E-state index contributed by atoms with van der Waals surface area (Å²) in [4.78, 5) is 11.2. The van der Waals surface area contributed by atoms with Crippen molar-refractivity contribution in [3.63, 3.8) is 0 Å². The normalized spacial score (nSPS) is 28.1. The number of carbonyl (C=O) groups is 1. The van der Waals surface area contributed by atoms with Crippen molar-refractivity contribution in [2.45, 2.75) is 64.8 Å². The zero-order chi connectivity index (χ0) is 10.4. The number of hydrogen-bond acceptors (Lipinski definition) is 1. The molecule has 2 nitrogen and oxygen atoms in total. The first-order chi connectivity index (χ1) is 6.76. The lowest BCUT2D eigenvalue weighted by Crippen LogP contribution is -2.33. The van der Waals surface area contributed by atoms with Crippen molar-refractivity contribution >= 4 is 5.91 Å². The molecule has 0 saturated heterocycles. The van der Waals surface area contributed by atoms with E-state index in [0.717, 1.165) is 5.92 Å². The van der Waals surface area contributed by atoms with Gasteiger partial charge in [-0.3, -0.25) is 4.79 Å². The fraction of sp³-hybridized carbons (Fsp3) is 0.917. The second-order valence-corrected chi connectivity index (χ2v) is 4.40. The van der Waals surface area contributed by atoms with E-state index in [1.165, 1.54) is 38.5 Å². The first-order valence-corrected chi connectivity index (χ1v) is 6.05. The molecule has 1 fully saturated rings. The topological polar surface area (TPSA) is 29.1 Å². The number of nitrogens with one attached hydrogen (secondary N) is 1. The van der Waals surface area contributed by atoms with Gasteiger partial charge >= 0.3 is 0 Å². The van der Waals surface area contributed by atoms with Crippen LogP contribution in [0.25, 0.3) is 0 Å². The third kappa shape index (κ3) is 3.69. The Hall–Kier alpha value is -0.530. The van der Waals surface area contributed by atoms with E-state index in [4.69, 9.17) is 0 Å². The molecule has 82 valence electrons. The van der Waals surface area contributed by atoms with Gasteiger partial charge in [0.15, 0.2) is 0 Å². The van der Waals surface area contributed by atoms with Crippen molar-refractivity contribution in [1.29, 1.82) is 0 Å². The molecule has 1 amide bonds. The summed E-state index contributed by atoms with van der Waals surface area (Å²) in [5.74, 6) is 1.11. The molecule has 1 N–H and O–H groups in total. The number of hydrogen-bond donors (Lipinski definition) is 1. The Morgan fingerprint density at radius 3 is 2.64 bits per heavy atom. The van der Waals surface area contributed by atoms with Gasteiger partial charge in [-0.05, 0) is 25.2 Å². The molecule has 1 rings (SSSR count). The third-order valence-electron chi connectivity index (χ3n) is 3.35. The van der Waals surface area contributed by atoms with Gasteiger partial charge in [0.05, 0.1) is 0 Å². The van der Waals surface area contributed by atoms with Gasteiger partial charge < -0.3 is 5.32 Å². The monoisotopic (exact) mass is 197 g/mol. The van der Waals surface area contributed by atoms with Crippen LogP contribution >= 0.6 is 0 Å². The molecule has 2 heteroatoms. The Balaban J connectivity index is 2.30. The van der Waals surface area contributed by atoms with Crippen LogP contribution in [0.1, 0.15) is 58.8 Å². The number of rotatable bonds is 3. The lowest BCUT2D eigenvalue weighted by molar-refractivity contribution is -0.121. The smallest absolute Gasteiger partial charge is 0.219 e. The summed E-state index contributed by atoms with van der Waals surface area (Å²) >= 11 is 0. The highest BCUT2D eigenvalue weighted by Gasteiger charge is 2.18. The van der Waals surface area contributed by atoms with E-state index in [0.29, 0.717) is 12.5 Å². The molecule has 1 saturated carbocycles. The van der Waals surface area contributed by atoms with Crippen LogP contribution in [0, 0.1) is 5.92 Å². The van der Waals surface area contributed by atoms with E-state index in [1.807, 2.05) is 6.92 Å². The lowest BCUT2D eigenvalue weighted by Gasteiger charge is -2.15. The number of carbonyl (C=O) groups excluding carboxylic acids is 1. The van der Waals surface area contributed by atoms with Crippen LogP contribution < -0.4 is 5.32 Å². The molecule has 0 radical (unpaired) electrons. The molecule has 2 unspecified atom stereocenters. The first kappa shape index (κ1) is 11.5. The molecule has 1 aliphatic carbocycles. The minimum atomic E-state index is 0.213. The highest BCUT2D eigenvalue weighted by molar-refractivity contribution is 5.75. The van der Waals surface area contributed by atoms with Gasteiger partial charge in [-0.25, -0.2) is 0 Å². The Kier molecular flexibility index (Phi) is 4.99. The molecule has 0 spiro atoms. The molecule has 0 heterocycles. The van der Waals surface area contributed by atoms with Crippen LogP contribution in [0.4, 0.5) is 0 Å². The largest absolute Gasteiger partial charge is 0.353 e. The summed E-state index contributed by atoms with van der Waals surface area (Å²) in [6.07, 6.45) is 8.22. The van der Waals surface area contributed by atoms with E-state index < -0.39 is 0 Å². The van der Waals surface area contributed by atoms with Crippen LogP contribution in [0.5, 0.6) is 0 Å². The predicted molar refractivity (Wildman–Crippen MR) is 59.1 cm³/mol. The molecular weight excluding hydrogens is 174 g/mol. The van der Waals surface area contributed by atoms with Crippen molar-refractivity contribution in [1.82, 2.24) is 5.32 Å². The molecule has 14 heavy (non-hydrogen) atoms. The van der Waals surface area contributed by atoms with Gasteiger partial charge in [-0.2, -0.15) is 0 Å². The molecule has 0 bridgehead atoms. The van der Waals surface area contributed by atoms with E-state index in [9.17, 15) is 4.79 Å². The van der Waals surface area contributed by atoms with E-state index in [-0.39, 0.29) is 5.91 Å². The highest BCUT2D eigenvalue weighted by Crippen LogP contribution is 2.25. The average Bonchev–Trinajstić information content (AvgIpc) is 2.43. The molecule has 2 atom stereocenters. The molecule has 1 aliphatic rings. The minimum absolute atomic E-state index is 0.213. The van der Waals surface area contributed by atoms with Gasteiger partial charge in [-0.15, -0.1) is 0 Å². The van der Waals surface area contributed by atoms with Crippen molar-refractivity contribution in [3.05, 3.63) is 0 Å². The Morgan fingerprint density at radius 2 is 2.00 bits per heavy atom. The first-order valence-electron chi connectivity index (χ1n) is 6.05.